The Kier molecular flexibility index (Phi) is 3.45. The number of benzene rings is 1. The molecule has 4 rings (SSSR count). The number of nitrogens with two attached hydrogens (primary N) is 1. The normalized spacial score (nSPS) is 16.0. The van der Waals surface area contributed by atoms with Gasteiger partial charge in [-0.1, -0.05) is 6.08 Å². The van der Waals surface area contributed by atoms with Crippen LogP contribution in [0.1, 0.15) is 12.0 Å². The minimum absolute atomic E-state index is 0.0376. The fourth-order valence-electron chi connectivity index (χ4n) is 3.23. The van der Waals surface area contributed by atoms with Crippen LogP contribution in [0.3, 0.4) is 0 Å². The molecular formula is C17H17N3O2S. The van der Waals surface area contributed by atoms with Gasteiger partial charge in [0.1, 0.15) is 10.4 Å². The van der Waals surface area contributed by atoms with Gasteiger partial charge in [-0.25, -0.2) is 5.01 Å². The van der Waals surface area contributed by atoms with Crippen LogP contribution in [0.25, 0.3) is 26.6 Å². The van der Waals surface area contributed by atoms with Crippen molar-refractivity contribution in [3.05, 3.63) is 45.6 Å². The number of thiophene rings is 1. The summed E-state index contributed by atoms with van der Waals surface area (Å²) in [6.45, 7) is 1.52. The third-order valence-corrected chi connectivity index (χ3v) is 5.25. The quantitative estimate of drug-likeness (QED) is 0.710. The molecule has 0 saturated carbocycles. The highest BCUT2D eigenvalue weighted by Gasteiger charge is 2.19. The number of hydrogen-bond acceptors (Lipinski definition) is 5. The van der Waals surface area contributed by atoms with Crippen molar-refractivity contribution in [1.29, 1.82) is 0 Å². The number of hydrazine groups is 1. The summed E-state index contributed by atoms with van der Waals surface area (Å²) in [5.41, 5.74) is 3.09. The number of hydrogen-bond donors (Lipinski definition) is 2. The Hall–Kier alpha value is -2.15. The lowest BCUT2D eigenvalue weighted by Crippen LogP contribution is -2.34. The second-order valence-corrected chi connectivity index (χ2v) is 6.57. The summed E-state index contributed by atoms with van der Waals surface area (Å²) in [5.74, 6) is 6.69. The fourth-order valence-corrected chi connectivity index (χ4v) is 4.02. The molecule has 23 heavy (non-hydrogen) atoms. The smallest absolute Gasteiger partial charge is 0.266 e. The number of ether oxygens (including phenoxy) is 1. The second-order valence-electron chi connectivity index (χ2n) is 5.66. The molecule has 1 aliphatic heterocycles. The molecule has 2 aromatic heterocycles. The van der Waals surface area contributed by atoms with E-state index in [1.807, 2.05) is 23.6 Å². The molecule has 0 unspecified atom stereocenters. The molecule has 3 N–H and O–H groups in total. The molecule has 1 aliphatic rings. The number of rotatable bonds is 2. The molecule has 0 spiro atoms. The summed E-state index contributed by atoms with van der Waals surface area (Å²) in [7, 11) is 1.68. The van der Waals surface area contributed by atoms with Crippen LogP contribution in [-0.4, -0.2) is 30.2 Å². The summed E-state index contributed by atoms with van der Waals surface area (Å²) in [6.07, 6.45) is 3.00. The Morgan fingerprint density at radius 2 is 2.22 bits per heavy atom. The van der Waals surface area contributed by atoms with E-state index in [1.54, 1.807) is 12.1 Å². The molecule has 5 nitrogen and oxygen atoms in total. The predicted octanol–water partition coefficient (Wildman–Crippen LogP) is 2.71. The van der Waals surface area contributed by atoms with Crippen LogP contribution in [0.2, 0.25) is 0 Å². The lowest BCUT2D eigenvalue weighted by Gasteiger charge is -2.23. The highest BCUT2D eigenvalue weighted by Crippen LogP contribution is 2.39. The highest BCUT2D eigenvalue weighted by atomic mass is 32.1. The van der Waals surface area contributed by atoms with Gasteiger partial charge < -0.3 is 9.72 Å². The van der Waals surface area contributed by atoms with E-state index < -0.39 is 0 Å². The number of nitrogens with zero attached hydrogens (tertiary/aromatic N) is 1. The van der Waals surface area contributed by atoms with Crippen molar-refractivity contribution in [1.82, 2.24) is 9.99 Å². The van der Waals surface area contributed by atoms with E-state index in [2.05, 4.69) is 11.1 Å². The minimum Gasteiger partial charge on any atom is -0.496 e. The Labute approximate surface area is 136 Å². The third kappa shape index (κ3) is 2.26. The molecule has 0 fully saturated rings. The largest absolute Gasteiger partial charge is 0.496 e. The van der Waals surface area contributed by atoms with Crippen molar-refractivity contribution in [2.24, 2.45) is 5.84 Å². The van der Waals surface area contributed by atoms with Crippen molar-refractivity contribution >= 4 is 37.9 Å². The van der Waals surface area contributed by atoms with E-state index >= 15 is 0 Å². The molecule has 118 valence electrons. The number of methoxy groups -OCH3 is 1. The van der Waals surface area contributed by atoms with Gasteiger partial charge in [-0.15, -0.1) is 11.3 Å². The van der Waals surface area contributed by atoms with Crippen LogP contribution in [0.4, 0.5) is 0 Å². The van der Waals surface area contributed by atoms with Gasteiger partial charge in [0.2, 0.25) is 0 Å². The average molecular weight is 327 g/mol. The number of pyridine rings is 1. The Balaban J connectivity index is 2.11. The molecule has 0 amide bonds. The second kappa shape index (κ2) is 5.49. The van der Waals surface area contributed by atoms with Gasteiger partial charge in [-0.3, -0.25) is 10.6 Å². The maximum absolute atomic E-state index is 12.2. The van der Waals surface area contributed by atoms with E-state index in [4.69, 9.17) is 10.6 Å². The summed E-state index contributed by atoms with van der Waals surface area (Å²) < 4.78 is 6.37. The van der Waals surface area contributed by atoms with Crippen LogP contribution in [0, 0.1) is 0 Å². The van der Waals surface area contributed by atoms with Crippen molar-refractivity contribution in [3.8, 4) is 5.75 Å². The molecule has 0 radical (unpaired) electrons. The van der Waals surface area contributed by atoms with E-state index in [-0.39, 0.29) is 5.56 Å². The van der Waals surface area contributed by atoms with E-state index in [0.29, 0.717) is 6.54 Å². The Bertz CT molecular complexity index is 987. The first-order chi connectivity index (χ1) is 11.2. The van der Waals surface area contributed by atoms with Gasteiger partial charge in [-0.05, 0) is 35.6 Å². The maximum Gasteiger partial charge on any atom is 0.266 e. The maximum atomic E-state index is 12.2. The first-order valence-corrected chi connectivity index (χ1v) is 8.36. The van der Waals surface area contributed by atoms with Crippen LogP contribution in [0.5, 0.6) is 5.75 Å². The zero-order valence-corrected chi connectivity index (χ0v) is 13.6. The predicted molar refractivity (Wildman–Crippen MR) is 94.9 cm³/mol. The Morgan fingerprint density at radius 1 is 1.35 bits per heavy atom. The van der Waals surface area contributed by atoms with Crippen molar-refractivity contribution in [2.45, 2.75) is 6.42 Å². The summed E-state index contributed by atoms with van der Waals surface area (Å²) >= 11 is 1.47. The zero-order valence-electron chi connectivity index (χ0n) is 12.8. The van der Waals surface area contributed by atoms with Crippen molar-refractivity contribution in [2.75, 3.05) is 20.2 Å². The van der Waals surface area contributed by atoms with Gasteiger partial charge in [0.15, 0.2) is 0 Å². The SMILES string of the molecule is COc1ccc2[nH]c(=O)c3sccc3c2c1C1=CCN(N)CC1. The van der Waals surface area contributed by atoms with Gasteiger partial charge in [0, 0.05) is 34.9 Å². The zero-order chi connectivity index (χ0) is 16.0. The first kappa shape index (κ1) is 14.4. The number of fused-ring (bicyclic) bond motifs is 3. The monoisotopic (exact) mass is 327 g/mol. The lowest BCUT2D eigenvalue weighted by molar-refractivity contribution is 0.314. The molecule has 3 heterocycles. The summed E-state index contributed by atoms with van der Waals surface area (Å²) in [4.78, 5) is 15.2. The number of nitrogens with one attached hydrogen (secondary N) is 1. The fraction of sp³-hybridized carbons (Fsp3) is 0.235. The molecule has 0 bridgehead atoms. The van der Waals surface area contributed by atoms with E-state index in [9.17, 15) is 4.79 Å². The highest BCUT2D eigenvalue weighted by molar-refractivity contribution is 7.17. The third-order valence-electron chi connectivity index (χ3n) is 4.34. The van der Waals surface area contributed by atoms with Gasteiger partial charge >= 0.3 is 0 Å². The molecule has 3 aromatic rings. The first-order valence-electron chi connectivity index (χ1n) is 7.48. The minimum atomic E-state index is -0.0376. The Morgan fingerprint density at radius 3 is 2.96 bits per heavy atom. The van der Waals surface area contributed by atoms with Crippen molar-refractivity contribution < 1.29 is 4.74 Å². The van der Waals surface area contributed by atoms with Crippen LogP contribution in [0.15, 0.2) is 34.4 Å². The van der Waals surface area contributed by atoms with Crippen LogP contribution >= 0.6 is 11.3 Å². The topological polar surface area (TPSA) is 71.4 Å². The van der Waals surface area contributed by atoms with E-state index in [0.717, 1.165) is 45.3 Å². The molecule has 0 atom stereocenters. The number of aromatic amines is 1. The standard InChI is InChI=1S/C17H17N3O2S/c1-22-13-3-2-12-15(11-6-9-23-16(11)17(21)19-12)14(13)10-4-7-20(18)8-5-10/h2-4,6,9H,5,7-8,18H2,1H3,(H,19,21). The van der Waals surface area contributed by atoms with Crippen molar-refractivity contribution in [3.63, 3.8) is 0 Å². The van der Waals surface area contributed by atoms with Crippen LogP contribution < -0.4 is 16.1 Å². The average Bonchev–Trinajstić information content (AvgIpc) is 3.05. The number of aromatic nitrogens is 1. The molecule has 6 heteroatoms. The summed E-state index contributed by atoms with van der Waals surface area (Å²) in [6, 6.07) is 5.84. The molecule has 0 saturated heterocycles. The van der Waals surface area contributed by atoms with E-state index in [1.165, 1.54) is 16.9 Å². The molecule has 0 aliphatic carbocycles. The van der Waals surface area contributed by atoms with Gasteiger partial charge in [-0.2, -0.15) is 0 Å². The van der Waals surface area contributed by atoms with Gasteiger partial charge in [0.25, 0.3) is 5.56 Å². The number of H-pyrrole nitrogens is 1. The summed E-state index contributed by atoms with van der Waals surface area (Å²) in [5, 5.41) is 5.79. The lowest BCUT2D eigenvalue weighted by atomic mass is 9.93. The molecule has 1 aromatic carbocycles. The van der Waals surface area contributed by atoms with Gasteiger partial charge in [0.05, 0.1) is 7.11 Å². The van der Waals surface area contributed by atoms with Crippen LogP contribution in [-0.2, 0) is 0 Å². The molecular weight excluding hydrogens is 310 g/mol.